The lowest BCUT2D eigenvalue weighted by Crippen LogP contribution is -2.25. The van der Waals surface area contributed by atoms with E-state index >= 15 is 0 Å². The van der Waals surface area contributed by atoms with Gasteiger partial charge in [-0.3, -0.25) is 0 Å². The highest BCUT2D eigenvalue weighted by Crippen LogP contribution is 2.42. The third kappa shape index (κ3) is 6.86. The molecule has 0 bridgehead atoms. The van der Waals surface area contributed by atoms with Crippen molar-refractivity contribution in [2.45, 2.75) is 96.8 Å². The third-order valence-corrected chi connectivity index (χ3v) is 6.54. The molecule has 0 heterocycles. The Morgan fingerprint density at radius 3 is 2.09 bits per heavy atom. The zero-order chi connectivity index (χ0) is 16.3. The molecule has 0 spiro atoms. The second kappa shape index (κ2) is 11.1. The Bertz CT molecular complexity index is 324. The van der Waals surface area contributed by atoms with Crippen LogP contribution in [-0.2, 0) is 0 Å². The van der Waals surface area contributed by atoms with Crippen molar-refractivity contribution in [3.8, 4) is 0 Å². The fourth-order valence-electron chi connectivity index (χ4n) is 4.94. The Morgan fingerprint density at radius 2 is 1.48 bits per heavy atom. The molecule has 2 fully saturated rings. The summed E-state index contributed by atoms with van der Waals surface area (Å²) in [5.41, 5.74) is 0. The van der Waals surface area contributed by atoms with Gasteiger partial charge in [-0.05, 0) is 75.0 Å². The van der Waals surface area contributed by atoms with E-state index in [0.717, 1.165) is 30.1 Å². The predicted octanol–water partition coefficient (Wildman–Crippen LogP) is 7.70. The van der Waals surface area contributed by atoms with Gasteiger partial charge in [-0.2, -0.15) is 0 Å². The zero-order valence-electron chi connectivity index (χ0n) is 15.6. The van der Waals surface area contributed by atoms with Gasteiger partial charge in [0, 0.05) is 0 Å². The van der Waals surface area contributed by atoms with Gasteiger partial charge in [-0.1, -0.05) is 63.7 Å². The first kappa shape index (κ1) is 18.8. The Morgan fingerprint density at radius 1 is 0.826 bits per heavy atom. The van der Waals surface area contributed by atoms with Crippen LogP contribution < -0.4 is 0 Å². The van der Waals surface area contributed by atoms with E-state index in [0.29, 0.717) is 0 Å². The first-order valence-corrected chi connectivity index (χ1v) is 10.6. The quantitative estimate of drug-likeness (QED) is 0.302. The lowest BCUT2D eigenvalue weighted by molar-refractivity contribution is 0.151. The molecule has 2 aliphatic rings. The van der Waals surface area contributed by atoms with Crippen LogP contribution in [0.5, 0.6) is 0 Å². The molecule has 132 valence electrons. The van der Waals surface area contributed by atoms with Crippen LogP contribution >= 0.6 is 0 Å². The van der Waals surface area contributed by atoms with Crippen LogP contribution in [0, 0.1) is 23.7 Å². The molecular formula is C23H40. The molecule has 0 aromatic heterocycles. The van der Waals surface area contributed by atoms with E-state index in [-0.39, 0.29) is 0 Å². The van der Waals surface area contributed by atoms with Gasteiger partial charge in [0.25, 0.3) is 0 Å². The van der Waals surface area contributed by atoms with E-state index < -0.39 is 0 Å². The van der Waals surface area contributed by atoms with Gasteiger partial charge in [0.2, 0.25) is 0 Å². The van der Waals surface area contributed by atoms with Crippen LogP contribution in [0.15, 0.2) is 24.8 Å². The van der Waals surface area contributed by atoms with Crippen LogP contribution in [0.2, 0.25) is 0 Å². The molecule has 2 aliphatic carbocycles. The van der Waals surface area contributed by atoms with Crippen molar-refractivity contribution >= 4 is 0 Å². The summed E-state index contributed by atoms with van der Waals surface area (Å²) in [6, 6.07) is 0. The molecular weight excluding hydrogens is 276 g/mol. The van der Waals surface area contributed by atoms with Crippen LogP contribution in [0.4, 0.5) is 0 Å². The monoisotopic (exact) mass is 316 g/mol. The minimum Gasteiger partial charge on any atom is -0.103 e. The SMILES string of the molecule is C=CCC/C=C\C1CCC(C2CCC(CCCCC)CC2)CC1. The van der Waals surface area contributed by atoms with Crippen LogP contribution in [-0.4, -0.2) is 0 Å². The van der Waals surface area contributed by atoms with E-state index in [2.05, 4.69) is 25.7 Å². The summed E-state index contributed by atoms with van der Waals surface area (Å²) in [6.07, 6.45) is 27.1. The van der Waals surface area contributed by atoms with Crippen molar-refractivity contribution in [1.29, 1.82) is 0 Å². The molecule has 0 amide bonds. The molecule has 2 rings (SSSR count). The molecule has 0 saturated heterocycles. The lowest BCUT2D eigenvalue weighted by Gasteiger charge is -2.37. The van der Waals surface area contributed by atoms with Gasteiger partial charge in [-0.15, -0.1) is 6.58 Å². The molecule has 0 radical (unpaired) electrons. The summed E-state index contributed by atoms with van der Waals surface area (Å²) in [4.78, 5) is 0. The number of hydrogen-bond acceptors (Lipinski definition) is 0. The maximum absolute atomic E-state index is 3.80. The van der Waals surface area contributed by atoms with E-state index in [1.165, 1.54) is 70.6 Å². The average molecular weight is 317 g/mol. The highest BCUT2D eigenvalue weighted by Gasteiger charge is 2.30. The summed E-state index contributed by atoms with van der Waals surface area (Å²) in [5.74, 6) is 4.08. The van der Waals surface area contributed by atoms with Crippen molar-refractivity contribution in [2.24, 2.45) is 23.7 Å². The molecule has 23 heavy (non-hydrogen) atoms. The summed E-state index contributed by atoms with van der Waals surface area (Å²) in [7, 11) is 0. The van der Waals surface area contributed by atoms with E-state index in [4.69, 9.17) is 0 Å². The third-order valence-electron chi connectivity index (χ3n) is 6.54. The smallest absolute Gasteiger partial charge is 0.0233 e. The summed E-state index contributed by atoms with van der Waals surface area (Å²) in [5, 5.41) is 0. The Hall–Kier alpha value is -0.520. The predicted molar refractivity (Wildman–Crippen MR) is 104 cm³/mol. The van der Waals surface area contributed by atoms with Gasteiger partial charge in [0.05, 0.1) is 0 Å². The van der Waals surface area contributed by atoms with E-state index in [9.17, 15) is 0 Å². The molecule has 2 saturated carbocycles. The van der Waals surface area contributed by atoms with Crippen LogP contribution in [0.1, 0.15) is 96.8 Å². The minimum absolute atomic E-state index is 0.876. The highest BCUT2D eigenvalue weighted by molar-refractivity contribution is 4.93. The Kier molecular flexibility index (Phi) is 9.09. The zero-order valence-corrected chi connectivity index (χ0v) is 15.6. The van der Waals surface area contributed by atoms with Crippen molar-refractivity contribution in [1.82, 2.24) is 0 Å². The fraction of sp³-hybridized carbons (Fsp3) is 0.826. The first-order valence-electron chi connectivity index (χ1n) is 10.6. The maximum Gasteiger partial charge on any atom is -0.0233 e. The number of allylic oxidation sites excluding steroid dienone is 3. The van der Waals surface area contributed by atoms with Gasteiger partial charge in [0.1, 0.15) is 0 Å². The number of rotatable bonds is 9. The normalized spacial score (nSPS) is 32.2. The van der Waals surface area contributed by atoms with Crippen molar-refractivity contribution in [2.75, 3.05) is 0 Å². The molecule has 0 heteroatoms. The first-order chi connectivity index (χ1) is 11.3. The average Bonchev–Trinajstić information content (AvgIpc) is 2.60. The highest BCUT2D eigenvalue weighted by atomic mass is 14.4. The molecule has 0 N–H and O–H groups in total. The van der Waals surface area contributed by atoms with Crippen molar-refractivity contribution in [3.63, 3.8) is 0 Å². The summed E-state index contributed by atoms with van der Waals surface area (Å²) < 4.78 is 0. The molecule has 0 atom stereocenters. The summed E-state index contributed by atoms with van der Waals surface area (Å²) >= 11 is 0. The second-order valence-electron chi connectivity index (χ2n) is 8.25. The topological polar surface area (TPSA) is 0 Å². The van der Waals surface area contributed by atoms with E-state index in [1.54, 1.807) is 12.8 Å². The largest absolute Gasteiger partial charge is 0.103 e. The number of hydrogen-bond donors (Lipinski definition) is 0. The van der Waals surface area contributed by atoms with Crippen molar-refractivity contribution in [3.05, 3.63) is 24.8 Å². The Labute approximate surface area is 145 Å². The standard InChI is InChI=1S/C23H40/c1-3-5-7-9-11-21-14-18-23(19-15-21)22-16-12-20(13-17-22)10-8-6-4-2/h3,9,11,20-23H,1,4-8,10,12-19H2,2H3/b11-9-. The molecule has 0 aliphatic heterocycles. The molecule has 0 aromatic rings. The Balaban J connectivity index is 1.61. The van der Waals surface area contributed by atoms with E-state index in [1.807, 2.05) is 6.08 Å². The molecule has 0 aromatic carbocycles. The fourth-order valence-corrected chi connectivity index (χ4v) is 4.94. The maximum atomic E-state index is 3.80. The number of unbranched alkanes of at least 4 members (excludes halogenated alkanes) is 3. The van der Waals surface area contributed by atoms with Gasteiger partial charge in [0.15, 0.2) is 0 Å². The minimum atomic E-state index is 0.876. The van der Waals surface area contributed by atoms with Gasteiger partial charge in [-0.25, -0.2) is 0 Å². The van der Waals surface area contributed by atoms with Crippen LogP contribution in [0.3, 0.4) is 0 Å². The molecule has 0 nitrogen and oxygen atoms in total. The summed E-state index contributed by atoms with van der Waals surface area (Å²) in [6.45, 7) is 6.12. The second-order valence-corrected chi connectivity index (χ2v) is 8.25. The molecule has 0 unspecified atom stereocenters. The van der Waals surface area contributed by atoms with Gasteiger partial charge < -0.3 is 0 Å². The lowest BCUT2D eigenvalue weighted by atomic mass is 9.68. The van der Waals surface area contributed by atoms with Crippen LogP contribution in [0.25, 0.3) is 0 Å². The van der Waals surface area contributed by atoms with Crippen molar-refractivity contribution < 1.29 is 0 Å². The van der Waals surface area contributed by atoms with Gasteiger partial charge >= 0.3 is 0 Å².